The van der Waals surface area contributed by atoms with Crippen LogP contribution in [0, 0.1) is 0 Å². The first-order valence-electron chi connectivity index (χ1n) is 13.9. The average molecular weight is 444 g/mol. The molecule has 31 heavy (non-hydrogen) atoms. The molecule has 0 saturated carbocycles. The summed E-state index contributed by atoms with van der Waals surface area (Å²) in [7, 11) is 0. The summed E-state index contributed by atoms with van der Waals surface area (Å²) in [5.74, 6) is 0. The van der Waals surface area contributed by atoms with Gasteiger partial charge in [-0.1, -0.05) is 48.0 Å². The molecule has 3 heterocycles. The van der Waals surface area contributed by atoms with Crippen molar-refractivity contribution in [3.8, 4) is 0 Å². The summed E-state index contributed by atoms with van der Waals surface area (Å²) in [4.78, 5) is 7.58. The number of rotatable bonds is 2. The Morgan fingerprint density at radius 3 is 0.903 bits per heavy atom. The minimum Gasteiger partial charge on any atom is -0.301 e. The zero-order chi connectivity index (χ0) is 24.9. The molecule has 0 N–H and O–H groups in total. The van der Waals surface area contributed by atoms with Crippen molar-refractivity contribution in [2.24, 2.45) is 0 Å². The maximum atomic E-state index is 2.56. The molecule has 0 aromatic heterocycles. The molecule has 0 unspecified atom stereocenters. The second-order valence-corrected chi connectivity index (χ2v) is 9.54. The number of nitrogens with zero attached hydrogens (tertiary/aromatic N) is 3. The molecular weight excluding hydrogens is 378 g/mol. The highest BCUT2D eigenvalue weighted by Crippen LogP contribution is 2.19. The molecule has 0 amide bonds. The fourth-order valence-electron chi connectivity index (χ4n) is 3.68. The summed E-state index contributed by atoms with van der Waals surface area (Å²) in [5, 5.41) is 0. The first-order valence-corrected chi connectivity index (χ1v) is 13.9. The SMILES string of the molecule is CC.CC.CC.CC(C)(C)N1CCCC1.CC(C)N1CCC1.CC(C)N1CCCCC1. The van der Waals surface area contributed by atoms with Crippen molar-refractivity contribution in [1.29, 1.82) is 0 Å². The molecule has 192 valence electrons. The van der Waals surface area contributed by atoms with E-state index >= 15 is 0 Å². The summed E-state index contributed by atoms with van der Waals surface area (Å²) >= 11 is 0. The third-order valence-electron chi connectivity index (χ3n) is 5.80. The minimum absolute atomic E-state index is 0.413. The van der Waals surface area contributed by atoms with Crippen molar-refractivity contribution in [1.82, 2.24) is 14.7 Å². The van der Waals surface area contributed by atoms with Gasteiger partial charge in [-0.05, 0) is 120 Å². The Balaban J connectivity index is -0.000000340. The lowest BCUT2D eigenvalue weighted by atomic mass is 10.1. The van der Waals surface area contributed by atoms with Crippen LogP contribution in [-0.2, 0) is 0 Å². The highest BCUT2D eigenvalue weighted by molar-refractivity contribution is 4.79. The van der Waals surface area contributed by atoms with Gasteiger partial charge in [-0.2, -0.15) is 0 Å². The highest BCUT2D eigenvalue weighted by atomic mass is 15.2. The lowest BCUT2D eigenvalue weighted by Gasteiger charge is -2.34. The molecule has 3 fully saturated rings. The lowest BCUT2D eigenvalue weighted by Crippen LogP contribution is -2.41. The van der Waals surface area contributed by atoms with E-state index in [9.17, 15) is 0 Å². The van der Waals surface area contributed by atoms with E-state index in [1.54, 1.807) is 0 Å². The smallest absolute Gasteiger partial charge is 0.0125 e. The van der Waals surface area contributed by atoms with Crippen molar-refractivity contribution in [3.05, 3.63) is 0 Å². The van der Waals surface area contributed by atoms with Gasteiger partial charge in [0.2, 0.25) is 0 Å². The van der Waals surface area contributed by atoms with Gasteiger partial charge in [-0.3, -0.25) is 4.90 Å². The molecule has 3 aliphatic heterocycles. The van der Waals surface area contributed by atoms with Crippen LogP contribution in [0.1, 0.15) is 129 Å². The quantitative estimate of drug-likeness (QED) is 0.429. The monoisotopic (exact) mass is 444 g/mol. The molecule has 0 atom stereocenters. The van der Waals surface area contributed by atoms with Crippen LogP contribution in [0.4, 0.5) is 0 Å². The van der Waals surface area contributed by atoms with E-state index in [2.05, 4.69) is 63.2 Å². The van der Waals surface area contributed by atoms with Crippen molar-refractivity contribution in [2.75, 3.05) is 39.3 Å². The first kappa shape index (κ1) is 35.5. The van der Waals surface area contributed by atoms with Gasteiger partial charge in [0, 0.05) is 17.6 Å². The molecule has 0 aromatic carbocycles. The lowest BCUT2D eigenvalue weighted by molar-refractivity contribution is 0.138. The van der Waals surface area contributed by atoms with Crippen LogP contribution >= 0.6 is 0 Å². The van der Waals surface area contributed by atoms with Gasteiger partial charge in [-0.25, -0.2) is 0 Å². The normalized spacial score (nSPS) is 19.1. The number of hydrogen-bond acceptors (Lipinski definition) is 3. The number of piperidine rings is 1. The Morgan fingerprint density at radius 1 is 0.452 bits per heavy atom. The van der Waals surface area contributed by atoms with Crippen LogP contribution < -0.4 is 0 Å². The second-order valence-electron chi connectivity index (χ2n) is 9.54. The Labute approximate surface area is 200 Å². The zero-order valence-corrected chi connectivity index (χ0v) is 24.5. The molecule has 0 aromatic rings. The molecule has 3 heteroatoms. The van der Waals surface area contributed by atoms with E-state index in [-0.39, 0.29) is 0 Å². The van der Waals surface area contributed by atoms with Gasteiger partial charge < -0.3 is 9.80 Å². The van der Waals surface area contributed by atoms with Crippen LogP contribution in [0.15, 0.2) is 0 Å². The van der Waals surface area contributed by atoms with E-state index in [1.165, 1.54) is 77.8 Å². The Morgan fingerprint density at radius 2 is 0.742 bits per heavy atom. The summed E-state index contributed by atoms with van der Waals surface area (Å²) in [5.41, 5.74) is 0.413. The molecule has 0 radical (unpaired) electrons. The maximum absolute atomic E-state index is 2.56. The average Bonchev–Trinajstić information content (AvgIpc) is 3.28. The second kappa shape index (κ2) is 23.1. The highest BCUT2D eigenvalue weighted by Gasteiger charge is 2.23. The van der Waals surface area contributed by atoms with Gasteiger partial charge in [0.25, 0.3) is 0 Å². The molecule has 0 aliphatic carbocycles. The van der Waals surface area contributed by atoms with E-state index in [4.69, 9.17) is 0 Å². The van der Waals surface area contributed by atoms with E-state index in [1.807, 2.05) is 41.5 Å². The fraction of sp³-hybridized carbons (Fsp3) is 1.00. The van der Waals surface area contributed by atoms with Crippen LogP contribution in [0.25, 0.3) is 0 Å². The third-order valence-corrected chi connectivity index (χ3v) is 5.80. The van der Waals surface area contributed by atoms with Gasteiger partial charge in [0.15, 0.2) is 0 Å². The van der Waals surface area contributed by atoms with Crippen molar-refractivity contribution in [3.63, 3.8) is 0 Å². The Hall–Kier alpha value is -0.120. The molecule has 3 saturated heterocycles. The summed E-state index contributed by atoms with van der Waals surface area (Å²) < 4.78 is 0. The van der Waals surface area contributed by atoms with E-state index in [0.29, 0.717) is 5.54 Å². The molecule has 3 nitrogen and oxygen atoms in total. The predicted octanol–water partition coefficient (Wildman–Crippen LogP) is 7.94. The summed E-state index contributed by atoms with van der Waals surface area (Å²) in [6, 6.07) is 1.55. The van der Waals surface area contributed by atoms with Gasteiger partial charge in [-0.15, -0.1) is 0 Å². The van der Waals surface area contributed by atoms with Crippen molar-refractivity contribution in [2.45, 2.75) is 146 Å². The maximum Gasteiger partial charge on any atom is 0.0125 e. The van der Waals surface area contributed by atoms with Crippen LogP contribution in [-0.4, -0.2) is 71.6 Å². The Kier molecular flexibility index (Phi) is 26.4. The third kappa shape index (κ3) is 19.1. The van der Waals surface area contributed by atoms with Gasteiger partial charge in [0.1, 0.15) is 0 Å². The van der Waals surface area contributed by atoms with Gasteiger partial charge in [0.05, 0.1) is 0 Å². The largest absolute Gasteiger partial charge is 0.301 e. The van der Waals surface area contributed by atoms with E-state index in [0.717, 1.165) is 12.1 Å². The summed E-state index contributed by atoms with van der Waals surface area (Å²) in [6.07, 6.45) is 8.49. The fourth-order valence-corrected chi connectivity index (χ4v) is 3.68. The van der Waals surface area contributed by atoms with Crippen LogP contribution in [0.2, 0.25) is 0 Å². The molecule has 3 rings (SSSR count). The zero-order valence-electron chi connectivity index (χ0n) is 24.5. The summed E-state index contributed by atoms with van der Waals surface area (Å²) in [6.45, 7) is 35.9. The Bertz CT molecular complexity index is 318. The topological polar surface area (TPSA) is 9.72 Å². The van der Waals surface area contributed by atoms with Crippen LogP contribution in [0.3, 0.4) is 0 Å². The van der Waals surface area contributed by atoms with E-state index < -0.39 is 0 Å². The standard InChI is InChI=1S/2C8H17N.C6H13N.3C2H6/c1-8(2,3)9-6-4-5-7-9;1-8(2)9-6-4-3-5-7-9;1-6(2)7-4-3-5-7;3*1-2/h4-7H2,1-3H3;8H,3-7H2,1-2H3;6H,3-5H2,1-2H3;3*1-2H3. The number of hydrogen-bond donors (Lipinski definition) is 0. The van der Waals surface area contributed by atoms with Crippen molar-refractivity contribution >= 4 is 0 Å². The first-order chi connectivity index (χ1) is 14.7. The van der Waals surface area contributed by atoms with Gasteiger partial charge >= 0.3 is 0 Å². The predicted molar refractivity (Wildman–Crippen MR) is 146 cm³/mol. The minimum atomic E-state index is 0.413. The van der Waals surface area contributed by atoms with Crippen molar-refractivity contribution < 1.29 is 0 Å². The molecule has 3 aliphatic rings. The molecule has 0 bridgehead atoms. The molecule has 0 spiro atoms. The number of likely N-dealkylation sites (tertiary alicyclic amines) is 3. The van der Waals surface area contributed by atoms with Crippen LogP contribution in [0.5, 0.6) is 0 Å². The molecular formula is C28H65N3.